The fourth-order valence-electron chi connectivity index (χ4n) is 2.73. The predicted molar refractivity (Wildman–Crippen MR) is 78.9 cm³/mol. The summed E-state index contributed by atoms with van der Waals surface area (Å²) in [5.41, 5.74) is 1.04. The second-order valence-electron chi connectivity index (χ2n) is 5.54. The predicted octanol–water partition coefficient (Wildman–Crippen LogP) is 4.21. The average Bonchev–Trinajstić information content (AvgIpc) is 3.24. The highest BCUT2D eigenvalue weighted by atomic mass is 35.5. The van der Waals surface area contributed by atoms with Gasteiger partial charge in [0, 0.05) is 40.7 Å². The van der Waals surface area contributed by atoms with Crippen molar-refractivity contribution in [3.63, 3.8) is 0 Å². The fourth-order valence-corrected chi connectivity index (χ4v) is 3.14. The molecule has 0 spiro atoms. The molecule has 2 aliphatic rings. The summed E-state index contributed by atoms with van der Waals surface area (Å²) in [4.78, 5) is 0. The normalized spacial score (nSPS) is 27.5. The van der Waals surface area contributed by atoms with E-state index in [2.05, 4.69) is 5.32 Å². The zero-order valence-electron chi connectivity index (χ0n) is 10.9. The van der Waals surface area contributed by atoms with E-state index in [9.17, 15) is 0 Å². The summed E-state index contributed by atoms with van der Waals surface area (Å²) < 4.78 is 5.98. The molecule has 19 heavy (non-hydrogen) atoms. The number of benzene rings is 1. The van der Waals surface area contributed by atoms with E-state index in [1.54, 1.807) is 0 Å². The zero-order valence-corrected chi connectivity index (χ0v) is 12.4. The molecule has 0 amide bonds. The summed E-state index contributed by atoms with van der Waals surface area (Å²) in [6.07, 6.45) is 5.02. The highest BCUT2D eigenvalue weighted by Gasteiger charge is 2.31. The molecule has 1 heterocycles. The van der Waals surface area contributed by atoms with E-state index in [1.165, 1.54) is 19.3 Å². The zero-order chi connectivity index (χ0) is 13.2. The van der Waals surface area contributed by atoms with Crippen molar-refractivity contribution in [3.05, 3.63) is 33.8 Å². The average molecular weight is 300 g/mol. The Hall–Kier alpha value is -0.280. The Morgan fingerprint density at radius 2 is 2.05 bits per heavy atom. The van der Waals surface area contributed by atoms with Gasteiger partial charge in [-0.15, -0.1) is 0 Å². The molecule has 104 valence electrons. The SMILES string of the molecule is Clc1ccc(Cl)c(C2OCCCC2CNC2CC2)c1. The molecule has 1 aromatic rings. The smallest absolute Gasteiger partial charge is 0.0880 e. The van der Waals surface area contributed by atoms with Crippen LogP contribution in [0, 0.1) is 5.92 Å². The lowest BCUT2D eigenvalue weighted by Crippen LogP contribution is -2.33. The summed E-state index contributed by atoms with van der Waals surface area (Å²) in [6, 6.07) is 6.37. The Morgan fingerprint density at radius 3 is 2.84 bits per heavy atom. The molecule has 0 bridgehead atoms. The van der Waals surface area contributed by atoms with Crippen LogP contribution in [0.2, 0.25) is 10.0 Å². The minimum atomic E-state index is 0.0752. The van der Waals surface area contributed by atoms with E-state index in [4.69, 9.17) is 27.9 Å². The number of rotatable bonds is 4. The van der Waals surface area contributed by atoms with E-state index in [1.807, 2.05) is 18.2 Å². The lowest BCUT2D eigenvalue weighted by molar-refractivity contribution is -0.0278. The van der Waals surface area contributed by atoms with Crippen LogP contribution in [0.5, 0.6) is 0 Å². The number of nitrogens with one attached hydrogen (secondary N) is 1. The highest BCUT2D eigenvalue weighted by molar-refractivity contribution is 6.33. The molecule has 2 nitrogen and oxygen atoms in total. The van der Waals surface area contributed by atoms with Crippen molar-refractivity contribution in [2.45, 2.75) is 37.8 Å². The fraction of sp³-hybridized carbons (Fsp3) is 0.600. The van der Waals surface area contributed by atoms with Crippen molar-refractivity contribution < 1.29 is 4.74 Å². The van der Waals surface area contributed by atoms with Gasteiger partial charge in [0.15, 0.2) is 0 Å². The van der Waals surface area contributed by atoms with Crippen LogP contribution in [0.1, 0.15) is 37.4 Å². The second kappa shape index (κ2) is 6.01. The van der Waals surface area contributed by atoms with Crippen LogP contribution in [0.3, 0.4) is 0 Å². The lowest BCUT2D eigenvalue weighted by Gasteiger charge is -2.33. The largest absolute Gasteiger partial charge is 0.373 e. The summed E-state index contributed by atoms with van der Waals surface area (Å²) in [7, 11) is 0. The van der Waals surface area contributed by atoms with Gasteiger partial charge in [-0.25, -0.2) is 0 Å². The maximum Gasteiger partial charge on any atom is 0.0880 e. The molecule has 1 aliphatic heterocycles. The molecule has 4 heteroatoms. The number of hydrogen-bond donors (Lipinski definition) is 1. The van der Waals surface area contributed by atoms with Crippen LogP contribution in [0.15, 0.2) is 18.2 Å². The molecule has 0 radical (unpaired) electrons. The standard InChI is InChI=1S/C15H19Cl2NO/c16-11-3-6-14(17)13(8-11)15-10(2-1-7-19-15)9-18-12-4-5-12/h3,6,8,10,12,15,18H,1-2,4-5,7,9H2. The number of ether oxygens (including phenoxy) is 1. The molecule has 1 saturated heterocycles. The van der Waals surface area contributed by atoms with Crippen LogP contribution < -0.4 is 5.32 Å². The third-order valence-electron chi connectivity index (χ3n) is 3.96. The van der Waals surface area contributed by atoms with Crippen molar-refractivity contribution in [2.24, 2.45) is 5.92 Å². The first-order valence-electron chi connectivity index (χ1n) is 7.04. The molecular weight excluding hydrogens is 281 g/mol. The summed E-state index contributed by atoms with van der Waals surface area (Å²) >= 11 is 12.4. The third-order valence-corrected chi connectivity index (χ3v) is 4.53. The minimum Gasteiger partial charge on any atom is -0.373 e. The summed E-state index contributed by atoms with van der Waals surface area (Å²) in [5, 5.41) is 5.09. The van der Waals surface area contributed by atoms with E-state index in [-0.39, 0.29) is 6.10 Å². The lowest BCUT2D eigenvalue weighted by atomic mass is 9.89. The molecule has 1 saturated carbocycles. The molecule has 1 aliphatic carbocycles. The van der Waals surface area contributed by atoms with Crippen molar-refractivity contribution >= 4 is 23.2 Å². The Bertz CT molecular complexity index is 448. The molecular formula is C15H19Cl2NO. The second-order valence-corrected chi connectivity index (χ2v) is 6.39. The molecule has 2 atom stereocenters. The van der Waals surface area contributed by atoms with E-state index >= 15 is 0 Å². The van der Waals surface area contributed by atoms with Crippen LogP contribution in [-0.4, -0.2) is 19.2 Å². The molecule has 3 rings (SSSR count). The quantitative estimate of drug-likeness (QED) is 0.899. The summed E-state index contributed by atoms with van der Waals surface area (Å²) in [5.74, 6) is 0.491. The Kier molecular flexibility index (Phi) is 4.33. The van der Waals surface area contributed by atoms with Gasteiger partial charge in [-0.05, 0) is 43.9 Å². The topological polar surface area (TPSA) is 21.3 Å². The Labute approximate surface area is 124 Å². The van der Waals surface area contributed by atoms with E-state index < -0.39 is 0 Å². The van der Waals surface area contributed by atoms with Crippen LogP contribution in [-0.2, 0) is 4.74 Å². The maximum atomic E-state index is 6.31. The Balaban J connectivity index is 1.75. The van der Waals surface area contributed by atoms with Gasteiger partial charge in [-0.2, -0.15) is 0 Å². The molecule has 2 fully saturated rings. The molecule has 1 N–H and O–H groups in total. The van der Waals surface area contributed by atoms with Gasteiger partial charge in [0.25, 0.3) is 0 Å². The van der Waals surface area contributed by atoms with Gasteiger partial charge in [-0.3, -0.25) is 0 Å². The van der Waals surface area contributed by atoms with Crippen molar-refractivity contribution in [1.82, 2.24) is 5.32 Å². The minimum absolute atomic E-state index is 0.0752. The van der Waals surface area contributed by atoms with Gasteiger partial charge in [0.2, 0.25) is 0 Å². The van der Waals surface area contributed by atoms with Gasteiger partial charge in [0.05, 0.1) is 6.10 Å². The first-order chi connectivity index (χ1) is 9.24. The van der Waals surface area contributed by atoms with Crippen LogP contribution in [0.4, 0.5) is 0 Å². The van der Waals surface area contributed by atoms with Gasteiger partial charge in [-0.1, -0.05) is 23.2 Å². The van der Waals surface area contributed by atoms with Crippen molar-refractivity contribution in [2.75, 3.05) is 13.2 Å². The van der Waals surface area contributed by atoms with E-state index in [0.717, 1.165) is 41.2 Å². The summed E-state index contributed by atoms with van der Waals surface area (Å²) in [6.45, 7) is 1.83. The van der Waals surface area contributed by atoms with Crippen molar-refractivity contribution in [1.29, 1.82) is 0 Å². The van der Waals surface area contributed by atoms with Gasteiger partial charge >= 0.3 is 0 Å². The van der Waals surface area contributed by atoms with Gasteiger partial charge < -0.3 is 10.1 Å². The van der Waals surface area contributed by atoms with Gasteiger partial charge in [0.1, 0.15) is 0 Å². The van der Waals surface area contributed by atoms with Crippen molar-refractivity contribution in [3.8, 4) is 0 Å². The molecule has 0 aromatic heterocycles. The van der Waals surface area contributed by atoms with Crippen LogP contribution in [0.25, 0.3) is 0 Å². The highest BCUT2D eigenvalue weighted by Crippen LogP contribution is 2.38. The first-order valence-corrected chi connectivity index (χ1v) is 7.79. The third kappa shape index (κ3) is 3.43. The molecule has 1 aromatic carbocycles. The Morgan fingerprint density at radius 1 is 1.21 bits per heavy atom. The maximum absolute atomic E-state index is 6.31. The first kappa shape index (κ1) is 13.7. The molecule has 2 unspecified atom stereocenters. The van der Waals surface area contributed by atoms with Crippen LogP contribution >= 0.6 is 23.2 Å². The van der Waals surface area contributed by atoms with E-state index in [0.29, 0.717) is 5.92 Å². The number of halogens is 2. The number of hydrogen-bond acceptors (Lipinski definition) is 2. The monoisotopic (exact) mass is 299 g/mol.